The van der Waals surface area contributed by atoms with E-state index in [4.69, 9.17) is 23.7 Å². The van der Waals surface area contributed by atoms with Gasteiger partial charge >= 0.3 is 11.9 Å². The van der Waals surface area contributed by atoms with Crippen LogP contribution >= 0.6 is 11.3 Å². The number of nitrogens with zero attached hydrogens (tertiary/aromatic N) is 2. The van der Waals surface area contributed by atoms with E-state index in [1.54, 1.807) is 50.3 Å². The Bertz CT molecular complexity index is 1720. The number of esters is 2. The van der Waals surface area contributed by atoms with Crippen LogP contribution in [0.1, 0.15) is 58.7 Å². The van der Waals surface area contributed by atoms with Crippen LogP contribution in [0.5, 0.6) is 23.0 Å². The number of methoxy groups -OCH3 is 1. The van der Waals surface area contributed by atoms with Gasteiger partial charge in [-0.1, -0.05) is 23.5 Å². The van der Waals surface area contributed by atoms with E-state index in [2.05, 4.69) is 4.99 Å². The van der Waals surface area contributed by atoms with E-state index in [1.807, 2.05) is 26.8 Å². The minimum Gasteiger partial charge on any atom is -0.493 e. The number of hydrogen-bond donors (Lipinski definition) is 0. The average Bonchev–Trinajstić information content (AvgIpc) is 3.23. The third-order valence-corrected chi connectivity index (χ3v) is 7.19. The standard InChI is InChI=1S/C31H34N2O8S/c1-8-38-25-14-20(10-12-23(25)41-19(6)34)15-26-29(35)33-28(21-11-13-22(40-17(3)4)24(16-21)37-7)27(30(36)39-9-2)18(5)32-31(33)42-26/h10-17,28H,8-9H2,1-7H3/b26-15+/t28-/m0/s1. The molecule has 42 heavy (non-hydrogen) atoms. The van der Waals surface area contributed by atoms with E-state index in [1.165, 1.54) is 29.9 Å². The number of rotatable bonds is 10. The lowest BCUT2D eigenvalue weighted by Crippen LogP contribution is -2.40. The molecule has 2 heterocycles. The van der Waals surface area contributed by atoms with Gasteiger partial charge in [-0.25, -0.2) is 9.79 Å². The highest BCUT2D eigenvalue weighted by atomic mass is 32.1. The van der Waals surface area contributed by atoms with Gasteiger partial charge in [0.05, 0.1) is 48.3 Å². The maximum absolute atomic E-state index is 14.0. The molecule has 0 N–H and O–H groups in total. The zero-order valence-corrected chi connectivity index (χ0v) is 25.5. The molecule has 222 valence electrons. The lowest BCUT2D eigenvalue weighted by molar-refractivity contribution is -0.139. The Labute approximate surface area is 247 Å². The molecule has 0 unspecified atom stereocenters. The van der Waals surface area contributed by atoms with Gasteiger partial charge < -0.3 is 23.7 Å². The molecule has 0 fully saturated rings. The van der Waals surface area contributed by atoms with Crippen LogP contribution in [0, 0.1) is 0 Å². The van der Waals surface area contributed by atoms with Crippen molar-refractivity contribution in [2.24, 2.45) is 4.99 Å². The first-order chi connectivity index (χ1) is 20.1. The summed E-state index contributed by atoms with van der Waals surface area (Å²) in [4.78, 5) is 43.8. The number of carbonyl (C=O) groups is 2. The van der Waals surface area contributed by atoms with Crippen LogP contribution in [0.15, 0.2) is 57.5 Å². The second-order valence-corrected chi connectivity index (χ2v) is 10.6. The summed E-state index contributed by atoms with van der Waals surface area (Å²) >= 11 is 1.20. The molecule has 0 amide bonds. The average molecular weight is 595 g/mol. The van der Waals surface area contributed by atoms with Crippen LogP contribution in [0.25, 0.3) is 6.08 Å². The van der Waals surface area contributed by atoms with Gasteiger partial charge in [0.2, 0.25) is 0 Å². The Morgan fingerprint density at radius 3 is 2.43 bits per heavy atom. The molecule has 3 aromatic rings. The molecule has 11 heteroatoms. The lowest BCUT2D eigenvalue weighted by atomic mass is 9.95. The Morgan fingerprint density at radius 1 is 1.05 bits per heavy atom. The highest BCUT2D eigenvalue weighted by Gasteiger charge is 2.34. The summed E-state index contributed by atoms with van der Waals surface area (Å²) in [5.74, 6) is 0.661. The van der Waals surface area contributed by atoms with Gasteiger partial charge in [-0.3, -0.25) is 14.2 Å². The molecule has 0 spiro atoms. The monoisotopic (exact) mass is 594 g/mol. The number of hydrogen-bond acceptors (Lipinski definition) is 10. The van der Waals surface area contributed by atoms with Crippen LogP contribution in [0.2, 0.25) is 0 Å². The fraction of sp³-hybridized carbons (Fsp3) is 0.355. The van der Waals surface area contributed by atoms with Gasteiger partial charge in [0.25, 0.3) is 5.56 Å². The number of aromatic nitrogens is 1. The fourth-order valence-electron chi connectivity index (χ4n) is 4.59. The van der Waals surface area contributed by atoms with Crippen molar-refractivity contribution in [3.63, 3.8) is 0 Å². The number of ether oxygens (including phenoxy) is 5. The quantitative estimate of drug-likeness (QED) is 0.256. The van der Waals surface area contributed by atoms with E-state index in [-0.39, 0.29) is 29.6 Å². The summed E-state index contributed by atoms with van der Waals surface area (Å²) in [6.07, 6.45) is 1.64. The first-order valence-electron chi connectivity index (χ1n) is 13.6. The van der Waals surface area contributed by atoms with Crippen molar-refractivity contribution in [2.45, 2.75) is 53.7 Å². The van der Waals surface area contributed by atoms with Crippen molar-refractivity contribution in [1.82, 2.24) is 4.57 Å². The SMILES string of the molecule is CCOC(=O)C1=C(C)N=c2s/c(=C/c3ccc(OC(C)=O)c(OCC)c3)c(=O)n2[C@H]1c1ccc(OC(C)C)c(OC)c1. The Hall–Kier alpha value is -4.38. The highest BCUT2D eigenvalue weighted by Crippen LogP contribution is 2.36. The predicted octanol–water partition coefficient (Wildman–Crippen LogP) is 3.92. The molecular weight excluding hydrogens is 560 g/mol. The molecule has 0 aliphatic carbocycles. The molecule has 0 saturated carbocycles. The summed E-state index contributed by atoms with van der Waals surface area (Å²) in [5.41, 5.74) is 1.69. The van der Waals surface area contributed by atoms with Gasteiger partial charge in [-0.15, -0.1) is 0 Å². The van der Waals surface area contributed by atoms with E-state index in [0.29, 0.717) is 50.0 Å². The largest absolute Gasteiger partial charge is 0.493 e. The molecule has 1 aliphatic heterocycles. The van der Waals surface area contributed by atoms with Crippen molar-refractivity contribution in [3.05, 3.63) is 78.5 Å². The molecular formula is C31H34N2O8S. The van der Waals surface area contributed by atoms with Crippen molar-refractivity contribution in [2.75, 3.05) is 20.3 Å². The molecule has 1 atom stereocenters. The summed E-state index contributed by atoms with van der Waals surface area (Å²) < 4.78 is 29.7. The van der Waals surface area contributed by atoms with Crippen LogP contribution in [0.4, 0.5) is 0 Å². The molecule has 0 bridgehead atoms. The molecule has 4 rings (SSSR count). The molecule has 1 aromatic heterocycles. The highest BCUT2D eigenvalue weighted by molar-refractivity contribution is 7.07. The third-order valence-electron chi connectivity index (χ3n) is 6.20. The smallest absolute Gasteiger partial charge is 0.338 e. The second-order valence-electron chi connectivity index (χ2n) is 9.61. The predicted molar refractivity (Wildman–Crippen MR) is 158 cm³/mol. The van der Waals surface area contributed by atoms with Gasteiger partial charge in [-0.2, -0.15) is 0 Å². The minimum atomic E-state index is -0.810. The molecule has 1 aliphatic rings. The lowest BCUT2D eigenvalue weighted by Gasteiger charge is -2.25. The van der Waals surface area contributed by atoms with Crippen LogP contribution < -0.4 is 33.8 Å². The Kier molecular flexibility index (Phi) is 9.52. The summed E-state index contributed by atoms with van der Waals surface area (Å²) in [5, 5.41) is 0. The molecule has 0 radical (unpaired) electrons. The van der Waals surface area contributed by atoms with Crippen molar-refractivity contribution in [3.8, 4) is 23.0 Å². The molecule has 0 saturated heterocycles. The third kappa shape index (κ3) is 6.41. The molecule has 10 nitrogen and oxygen atoms in total. The van der Waals surface area contributed by atoms with Crippen molar-refractivity contribution in [1.29, 1.82) is 0 Å². The first-order valence-corrected chi connectivity index (χ1v) is 14.4. The summed E-state index contributed by atoms with van der Waals surface area (Å²) in [6, 6.07) is 9.57. The van der Waals surface area contributed by atoms with E-state index >= 15 is 0 Å². The number of thiazole rings is 1. The maximum atomic E-state index is 14.0. The normalized spacial score (nSPS) is 14.8. The topological polar surface area (TPSA) is 115 Å². The van der Waals surface area contributed by atoms with Crippen molar-refractivity contribution < 1.29 is 33.3 Å². The van der Waals surface area contributed by atoms with Crippen LogP contribution in [-0.2, 0) is 14.3 Å². The Morgan fingerprint density at radius 2 is 1.79 bits per heavy atom. The van der Waals surface area contributed by atoms with Crippen LogP contribution in [0.3, 0.4) is 0 Å². The fourth-order valence-corrected chi connectivity index (χ4v) is 5.63. The summed E-state index contributed by atoms with van der Waals surface area (Å²) in [7, 11) is 1.54. The van der Waals surface area contributed by atoms with E-state index in [0.717, 1.165) is 0 Å². The maximum Gasteiger partial charge on any atom is 0.338 e. The van der Waals surface area contributed by atoms with Crippen LogP contribution in [-0.4, -0.2) is 42.9 Å². The zero-order valence-electron chi connectivity index (χ0n) is 24.7. The minimum absolute atomic E-state index is 0.0778. The number of allylic oxidation sites excluding steroid dienone is 1. The van der Waals surface area contributed by atoms with E-state index < -0.39 is 18.0 Å². The van der Waals surface area contributed by atoms with E-state index in [9.17, 15) is 14.4 Å². The van der Waals surface area contributed by atoms with Gasteiger partial charge in [0.1, 0.15) is 0 Å². The summed E-state index contributed by atoms with van der Waals surface area (Å²) in [6.45, 7) is 10.9. The number of carbonyl (C=O) groups excluding carboxylic acids is 2. The van der Waals surface area contributed by atoms with Crippen molar-refractivity contribution >= 4 is 29.4 Å². The Balaban J connectivity index is 1.90. The number of fused-ring (bicyclic) bond motifs is 1. The second kappa shape index (κ2) is 13.1. The van der Waals surface area contributed by atoms with Gasteiger partial charge in [-0.05, 0) is 76.1 Å². The van der Waals surface area contributed by atoms with Gasteiger partial charge in [0, 0.05) is 6.92 Å². The zero-order chi connectivity index (χ0) is 30.6. The van der Waals surface area contributed by atoms with Gasteiger partial charge in [0.15, 0.2) is 27.8 Å². The number of benzene rings is 2. The molecule has 2 aromatic carbocycles. The first kappa shape index (κ1) is 30.6.